The van der Waals surface area contributed by atoms with E-state index in [1.165, 1.54) is 0 Å². The molecule has 0 saturated carbocycles. The van der Waals surface area contributed by atoms with Crippen LogP contribution in [0.15, 0.2) is 6.07 Å². The van der Waals surface area contributed by atoms with Crippen LogP contribution >= 0.6 is 15.9 Å². The highest BCUT2D eigenvalue weighted by atomic mass is 79.9. The number of aromatic nitrogens is 2. The average molecular weight is 299 g/mol. The largest absolute Gasteiger partial charge is 0.338 e. The van der Waals surface area contributed by atoms with E-state index < -0.39 is 0 Å². The van der Waals surface area contributed by atoms with Crippen molar-refractivity contribution in [1.29, 1.82) is 0 Å². The first-order valence-corrected chi connectivity index (χ1v) is 7.17. The molecule has 5 heteroatoms. The molecule has 1 saturated heterocycles. The zero-order chi connectivity index (χ0) is 12.3. The van der Waals surface area contributed by atoms with Gasteiger partial charge in [-0.05, 0) is 19.9 Å². The van der Waals surface area contributed by atoms with Gasteiger partial charge in [0.2, 0.25) is 5.95 Å². The zero-order valence-corrected chi connectivity index (χ0v) is 12.1. The number of anilines is 1. The fraction of sp³-hybridized carbons (Fsp3) is 0.667. The van der Waals surface area contributed by atoms with Crippen LogP contribution < -0.4 is 4.90 Å². The van der Waals surface area contributed by atoms with E-state index in [0.717, 1.165) is 55.4 Å². The summed E-state index contributed by atoms with van der Waals surface area (Å²) in [6.07, 6.45) is 0. The van der Waals surface area contributed by atoms with Crippen molar-refractivity contribution in [2.24, 2.45) is 0 Å². The minimum Gasteiger partial charge on any atom is -0.338 e. The van der Waals surface area contributed by atoms with Gasteiger partial charge in [-0.15, -0.1) is 0 Å². The molecule has 1 aromatic heterocycles. The van der Waals surface area contributed by atoms with Crippen LogP contribution in [-0.4, -0.2) is 52.9 Å². The van der Waals surface area contributed by atoms with Gasteiger partial charge in [-0.3, -0.25) is 4.90 Å². The van der Waals surface area contributed by atoms with Crippen LogP contribution in [-0.2, 0) is 0 Å². The summed E-state index contributed by atoms with van der Waals surface area (Å²) < 4.78 is 0. The highest BCUT2D eigenvalue weighted by Crippen LogP contribution is 2.12. The zero-order valence-electron chi connectivity index (χ0n) is 10.5. The van der Waals surface area contributed by atoms with Crippen LogP contribution in [0.1, 0.15) is 11.4 Å². The molecule has 0 spiro atoms. The lowest BCUT2D eigenvalue weighted by Gasteiger charge is -2.34. The van der Waals surface area contributed by atoms with Gasteiger partial charge in [0.1, 0.15) is 0 Å². The van der Waals surface area contributed by atoms with Gasteiger partial charge in [-0.2, -0.15) is 0 Å². The fourth-order valence-corrected chi connectivity index (χ4v) is 2.64. The van der Waals surface area contributed by atoms with E-state index in [0.29, 0.717) is 0 Å². The van der Waals surface area contributed by atoms with Crippen molar-refractivity contribution >= 4 is 21.9 Å². The molecule has 2 heterocycles. The lowest BCUT2D eigenvalue weighted by Crippen LogP contribution is -2.47. The Labute approximate surface area is 111 Å². The van der Waals surface area contributed by atoms with Crippen LogP contribution in [0.25, 0.3) is 0 Å². The van der Waals surface area contributed by atoms with E-state index in [-0.39, 0.29) is 0 Å². The van der Waals surface area contributed by atoms with Gasteiger partial charge < -0.3 is 4.90 Å². The SMILES string of the molecule is Cc1cc(C)nc(N2CCN(CCBr)CC2)n1. The van der Waals surface area contributed by atoms with E-state index >= 15 is 0 Å². The Bertz CT molecular complexity index is 355. The maximum atomic E-state index is 4.52. The Morgan fingerprint density at radius 2 is 1.71 bits per heavy atom. The average Bonchev–Trinajstić information content (AvgIpc) is 2.29. The molecular formula is C12H19BrN4. The number of halogens is 1. The minimum absolute atomic E-state index is 0.890. The predicted molar refractivity (Wildman–Crippen MR) is 74.0 cm³/mol. The second-order valence-electron chi connectivity index (χ2n) is 4.47. The number of hydrogen-bond donors (Lipinski definition) is 0. The van der Waals surface area contributed by atoms with Crippen molar-refractivity contribution in [3.63, 3.8) is 0 Å². The van der Waals surface area contributed by atoms with E-state index in [2.05, 4.69) is 35.7 Å². The second-order valence-corrected chi connectivity index (χ2v) is 5.26. The molecule has 1 aliphatic heterocycles. The summed E-state index contributed by atoms with van der Waals surface area (Å²) in [5.74, 6) is 0.890. The molecular weight excluding hydrogens is 280 g/mol. The molecule has 0 atom stereocenters. The van der Waals surface area contributed by atoms with Crippen LogP contribution in [0.5, 0.6) is 0 Å². The Morgan fingerprint density at radius 3 is 2.24 bits per heavy atom. The number of piperazine rings is 1. The lowest BCUT2D eigenvalue weighted by molar-refractivity contribution is 0.272. The van der Waals surface area contributed by atoms with Gasteiger partial charge in [-0.25, -0.2) is 9.97 Å². The molecule has 94 valence electrons. The highest BCUT2D eigenvalue weighted by molar-refractivity contribution is 9.09. The molecule has 1 aromatic rings. The topological polar surface area (TPSA) is 32.3 Å². The minimum atomic E-state index is 0.890. The molecule has 1 aliphatic rings. The number of alkyl halides is 1. The summed E-state index contributed by atoms with van der Waals surface area (Å²) in [5.41, 5.74) is 2.10. The third-order valence-electron chi connectivity index (χ3n) is 3.03. The third kappa shape index (κ3) is 3.39. The Kier molecular flexibility index (Phi) is 4.34. The third-order valence-corrected chi connectivity index (χ3v) is 3.38. The van der Waals surface area contributed by atoms with Crippen molar-refractivity contribution in [2.75, 3.05) is 43.0 Å². The fourth-order valence-electron chi connectivity index (χ4n) is 2.14. The van der Waals surface area contributed by atoms with Crippen molar-refractivity contribution in [3.8, 4) is 0 Å². The number of hydrogen-bond acceptors (Lipinski definition) is 4. The number of aryl methyl sites for hydroxylation is 2. The van der Waals surface area contributed by atoms with Gasteiger partial charge in [-0.1, -0.05) is 15.9 Å². The lowest BCUT2D eigenvalue weighted by atomic mass is 10.3. The first-order chi connectivity index (χ1) is 8.19. The van der Waals surface area contributed by atoms with E-state index in [9.17, 15) is 0 Å². The predicted octanol–water partition coefficient (Wildman–Crippen LogP) is 1.61. The summed E-state index contributed by atoms with van der Waals surface area (Å²) in [5, 5.41) is 1.05. The molecule has 0 aliphatic carbocycles. The van der Waals surface area contributed by atoms with Crippen LogP contribution in [0, 0.1) is 13.8 Å². The highest BCUT2D eigenvalue weighted by Gasteiger charge is 2.18. The van der Waals surface area contributed by atoms with Gasteiger partial charge in [0.05, 0.1) is 0 Å². The molecule has 0 N–H and O–H groups in total. The second kappa shape index (κ2) is 5.78. The van der Waals surface area contributed by atoms with E-state index in [1.807, 2.05) is 19.9 Å². The van der Waals surface area contributed by atoms with Gasteiger partial charge >= 0.3 is 0 Å². The Balaban J connectivity index is 2.00. The first kappa shape index (κ1) is 12.8. The van der Waals surface area contributed by atoms with E-state index in [4.69, 9.17) is 0 Å². The molecule has 0 radical (unpaired) electrons. The molecule has 17 heavy (non-hydrogen) atoms. The van der Waals surface area contributed by atoms with Gasteiger partial charge in [0, 0.05) is 49.4 Å². The smallest absolute Gasteiger partial charge is 0.225 e. The molecule has 0 amide bonds. The summed E-state index contributed by atoms with van der Waals surface area (Å²) in [6, 6.07) is 2.02. The molecule has 0 unspecified atom stereocenters. The number of nitrogens with zero attached hydrogens (tertiary/aromatic N) is 4. The molecule has 1 fully saturated rings. The van der Waals surface area contributed by atoms with Crippen molar-refractivity contribution in [1.82, 2.24) is 14.9 Å². The normalized spacial score (nSPS) is 17.5. The molecule has 0 bridgehead atoms. The maximum Gasteiger partial charge on any atom is 0.225 e. The summed E-state index contributed by atoms with van der Waals surface area (Å²) in [6.45, 7) is 9.43. The maximum absolute atomic E-state index is 4.52. The quantitative estimate of drug-likeness (QED) is 0.794. The van der Waals surface area contributed by atoms with Crippen LogP contribution in [0.4, 0.5) is 5.95 Å². The van der Waals surface area contributed by atoms with Crippen molar-refractivity contribution < 1.29 is 0 Å². The molecule has 0 aromatic carbocycles. The molecule has 2 rings (SSSR count). The monoisotopic (exact) mass is 298 g/mol. The summed E-state index contributed by atoms with van der Waals surface area (Å²) >= 11 is 3.48. The first-order valence-electron chi connectivity index (χ1n) is 6.04. The van der Waals surface area contributed by atoms with Gasteiger partial charge in [0.25, 0.3) is 0 Å². The van der Waals surface area contributed by atoms with Crippen molar-refractivity contribution in [3.05, 3.63) is 17.5 Å². The Morgan fingerprint density at radius 1 is 1.12 bits per heavy atom. The van der Waals surface area contributed by atoms with E-state index in [1.54, 1.807) is 0 Å². The van der Waals surface area contributed by atoms with Gasteiger partial charge in [0.15, 0.2) is 0 Å². The van der Waals surface area contributed by atoms with Crippen LogP contribution in [0.3, 0.4) is 0 Å². The van der Waals surface area contributed by atoms with Crippen molar-refractivity contribution in [2.45, 2.75) is 13.8 Å². The summed E-state index contributed by atoms with van der Waals surface area (Å²) in [7, 11) is 0. The summed E-state index contributed by atoms with van der Waals surface area (Å²) in [4.78, 5) is 13.8. The Hall–Kier alpha value is -0.680. The standard InChI is InChI=1S/C12H19BrN4/c1-10-9-11(2)15-12(14-10)17-7-5-16(4-3-13)6-8-17/h9H,3-8H2,1-2H3. The van der Waals surface area contributed by atoms with Crippen LogP contribution in [0.2, 0.25) is 0 Å². The molecule has 4 nitrogen and oxygen atoms in total. The number of rotatable bonds is 3.